The Morgan fingerprint density at radius 3 is 2.18 bits per heavy atom. The zero-order chi connectivity index (χ0) is 23.4. The van der Waals surface area contributed by atoms with Gasteiger partial charge in [-0.3, -0.25) is 0 Å². The molecule has 0 fully saturated rings. The molecule has 4 aromatic rings. The number of sulfonamides is 1. The predicted molar refractivity (Wildman–Crippen MR) is 139 cm³/mol. The molecular formula is C24H26ClN5O3S. The maximum atomic E-state index is 12.1. The molecule has 10 heteroatoms. The molecule has 3 aromatic carbocycles. The highest BCUT2D eigenvalue weighted by atomic mass is 35.5. The van der Waals surface area contributed by atoms with Crippen LogP contribution in [0.4, 0.5) is 23.1 Å². The van der Waals surface area contributed by atoms with Crippen LogP contribution in [0.3, 0.4) is 0 Å². The molecule has 0 atom stereocenters. The topological polar surface area (TPSA) is 96.4 Å². The van der Waals surface area contributed by atoms with Crippen molar-refractivity contribution in [3.8, 4) is 5.75 Å². The van der Waals surface area contributed by atoms with E-state index < -0.39 is 10.0 Å². The van der Waals surface area contributed by atoms with E-state index in [0.29, 0.717) is 23.1 Å². The van der Waals surface area contributed by atoms with Crippen molar-refractivity contribution in [3.63, 3.8) is 0 Å². The summed E-state index contributed by atoms with van der Waals surface area (Å²) in [6, 6.07) is 22.6. The lowest BCUT2D eigenvalue weighted by atomic mass is 10.2. The van der Waals surface area contributed by atoms with Crippen molar-refractivity contribution in [3.05, 3.63) is 78.4 Å². The Morgan fingerprint density at radius 2 is 1.53 bits per heavy atom. The lowest BCUT2D eigenvalue weighted by molar-refractivity contribution is 0.420. The summed E-state index contributed by atoms with van der Waals surface area (Å²) in [5.41, 5.74) is 3.05. The normalized spacial score (nSPS) is 11.2. The van der Waals surface area contributed by atoms with Crippen molar-refractivity contribution in [2.75, 3.05) is 31.8 Å². The number of para-hydroxylation sites is 1. The van der Waals surface area contributed by atoms with E-state index in [1.165, 1.54) is 18.4 Å². The average Bonchev–Trinajstić information content (AvgIpc) is 2.80. The van der Waals surface area contributed by atoms with Gasteiger partial charge in [0.2, 0.25) is 16.0 Å². The molecule has 0 bridgehead atoms. The van der Waals surface area contributed by atoms with Crippen molar-refractivity contribution in [2.24, 2.45) is 0 Å². The fourth-order valence-corrected chi connectivity index (χ4v) is 4.15. The van der Waals surface area contributed by atoms with Crippen LogP contribution < -0.4 is 15.4 Å². The van der Waals surface area contributed by atoms with Crippen LogP contribution in [0.15, 0.2) is 72.8 Å². The number of rotatable bonds is 8. The van der Waals surface area contributed by atoms with Gasteiger partial charge >= 0.3 is 0 Å². The number of hydrogen-bond donors (Lipinski definition) is 2. The number of methoxy groups -OCH3 is 1. The smallest absolute Gasteiger partial charge is 0.229 e. The summed E-state index contributed by atoms with van der Waals surface area (Å²) in [5.74, 6) is 1.63. The molecule has 0 radical (unpaired) electrons. The molecule has 0 aliphatic rings. The highest BCUT2D eigenvalue weighted by Gasteiger charge is 2.15. The van der Waals surface area contributed by atoms with E-state index in [2.05, 4.69) is 20.6 Å². The molecule has 178 valence electrons. The van der Waals surface area contributed by atoms with Crippen LogP contribution in [-0.4, -0.2) is 43.9 Å². The molecule has 1 heterocycles. The molecule has 0 unspecified atom stereocenters. The Bertz CT molecular complexity index is 1370. The van der Waals surface area contributed by atoms with Gasteiger partial charge in [0, 0.05) is 25.5 Å². The Kier molecular flexibility index (Phi) is 7.93. The molecule has 34 heavy (non-hydrogen) atoms. The molecule has 0 saturated heterocycles. The number of nitrogens with one attached hydrogen (secondary N) is 2. The van der Waals surface area contributed by atoms with Crippen molar-refractivity contribution in [2.45, 2.75) is 5.75 Å². The molecule has 0 amide bonds. The predicted octanol–water partition coefficient (Wildman–Crippen LogP) is 4.94. The fraction of sp³-hybridized carbons (Fsp3) is 0.167. The third-order valence-corrected chi connectivity index (χ3v) is 6.87. The number of aromatic nitrogens is 2. The second kappa shape index (κ2) is 10.7. The number of fused-ring (bicyclic) bond motifs is 1. The zero-order valence-electron chi connectivity index (χ0n) is 19.0. The summed E-state index contributed by atoms with van der Waals surface area (Å²) >= 11 is 0. The van der Waals surface area contributed by atoms with E-state index in [-0.39, 0.29) is 18.2 Å². The molecule has 8 nitrogen and oxygen atoms in total. The molecule has 0 aliphatic carbocycles. The van der Waals surface area contributed by atoms with Gasteiger partial charge in [-0.25, -0.2) is 17.7 Å². The number of halogens is 1. The standard InChI is InChI=1S/C24H25N5O3S.ClH/c1-29(2)33(30,31)16-17-12-14-19(15-13-17)26-24-27-20-10-7-11-21(32-3)22(20)23(28-24)25-18-8-5-4-6-9-18;/h4-15H,16H2,1-3H3,(H2,25,26,27,28);1H. The molecular weight excluding hydrogens is 474 g/mol. The SMILES string of the molecule is COc1cccc2nc(Nc3ccc(CS(=O)(=O)N(C)C)cc3)nc(Nc3ccccc3)c12.Cl. The Morgan fingerprint density at radius 1 is 0.853 bits per heavy atom. The third kappa shape index (κ3) is 5.74. The molecule has 4 rings (SSSR count). The number of hydrogen-bond acceptors (Lipinski definition) is 7. The maximum Gasteiger partial charge on any atom is 0.229 e. The second-order valence-electron chi connectivity index (χ2n) is 7.60. The number of anilines is 4. The molecule has 0 saturated carbocycles. The van der Waals surface area contributed by atoms with Gasteiger partial charge in [0.15, 0.2) is 0 Å². The Balaban J connectivity index is 0.00000324. The van der Waals surface area contributed by atoms with Crippen LogP contribution in [0.5, 0.6) is 5.75 Å². The Hall–Kier alpha value is -3.40. The van der Waals surface area contributed by atoms with Crippen LogP contribution in [0.1, 0.15) is 5.56 Å². The average molecular weight is 500 g/mol. The summed E-state index contributed by atoms with van der Waals surface area (Å²) in [4.78, 5) is 9.33. The van der Waals surface area contributed by atoms with Gasteiger partial charge < -0.3 is 15.4 Å². The van der Waals surface area contributed by atoms with E-state index in [1.54, 1.807) is 19.2 Å². The van der Waals surface area contributed by atoms with E-state index in [1.807, 2.05) is 60.7 Å². The third-order valence-electron chi connectivity index (χ3n) is 5.06. The van der Waals surface area contributed by atoms with Gasteiger partial charge in [0.05, 0.1) is 23.8 Å². The minimum absolute atomic E-state index is 0. The summed E-state index contributed by atoms with van der Waals surface area (Å²) < 4.78 is 31.0. The van der Waals surface area contributed by atoms with Crippen molar-refractivity contribution < 1.29 is 13.2 Å². The zero-order valence-corrected chi connectivity index (χ0v) is 20.7. The highest BCUT2D eigenvalue weighted by molar-refractivity contribution is 7.88. The van der Waals surface area contributed by atoms with Crippen LogP contribution >= 0.6 is 12.4 Å². The van der Waals surface area contributed by atoms with Gasteiger partial charge in [-0.15, -0.1) is 12.4 Å². The molecule has 0 spiro atoms. The van der Waals surface area contributed by atoms with Crippen LogP contribution in [-0.2, 0) is 15.8 Å². The van der Waals surface area contributed by atoms with E-state index in [9.17, 15) is 8.42 Å². The first-order valence-electron chi connectivity index (χ1n) is 10.3. The molecule has 2 N–H and O–H groups in total. The minimum Gasteiger partial charge on any atom is -0.496 e. The summed E-state index contributed by atoms with van der Waals surface area (Å²) in [6.07, 6.45) is 0. The number of ether oxygens (including phenoxy) is 1. The van der Waals surface area contributed by atoms with Gasteiger partial charge in [-0.2, -0.15) is 4.98 Å². The highest BCUT2D eigenvalue weighted by Crippen LogP contribution is 2.33. The largest absolute Gasteiger partial charge is 0.496 e. The minimum atomic E-state index is -3.32. The molecule has 1 aromatic heterocycles. The second-order valence-corrected chi connectivity index (χ2v) is 9.78. The lowest BCUT2D eigenvalue weighted by Gasteiger charge is -2.14. The van der Waals surface area contributed by atoms with Crippen molar-refractivity contribution >= 4 is 56.5 Å². The van der Waals surface area contributed by atoms with E-state index in [4.69, 9.17) is 4.74 Å². The van der Waals surface area contributed by atoms with Gasteiger partial charge in [0.25, 0.3) is 0 Å². The van der Waals surface area contributed by atoms with Gasteiger partial charge in [-0.1, -0.05) is 36.4 Å². The quantitative estimate of drug-likeness (QED) is 0.354. The van der Waals surface area contributed by atoms with Crippen LogP contribution in [0.25, 0.3) is 10.9 Å². The van der Waals surface area contributed by atoms with Gasteiger partial charge in [0.1, 0.15) is 11.6 Å². The summed E-state index contributed by atoms with van der Waals surface area (Å²) in [5, 5.41) is 7.34. The summed E-state index contributed by atoms with van der Waals surface area (Å²) in [6.45, 7) is 0. The fourth-order valence-electron chi connectivity index (χ4n) is 3.28. The number of nitrogens with zero attached hydrogens (tertiary/aromatic N) is 3. The van der Waals surface area contributed by atoms with Gasteiger partial charge in [-0.05, 0) is 42.0 Å². The molecule has 0 aliphatic heterocycles. The van der Waals surface area contributed by atoms with Crippen molar-refractivity contribution in [1.82, 2.24) is 14.3 Å². The monoisotopic (exact) mass is 499 g/mol. The first kappa shape index (κ1) is 25.2. The van der Waals surface area contributed by atoms with E-state index >= 15 is 0 Å². The first-order chi connectivity index (χ1) is 15.9. The maximum absolute atomic E-state index is 12.1. The van der Waals surface area contributed by atoms with E-state index in [0.717, 1.165) is 22.3 Å². The van der Waals surface area contributed by atoms with Crippen molar-refractivity contribution in [1.29, 1.82) is 0 Å². The Labute approximate surface area is 205 Å². The summed E-state index contributed by atoms with van der Waals surface area (Å²) in [7, 11) is 1.35. The first-order valence-corrected chi connectivity index (χ1v) is 11.9. The van der Waals surface area contributed by atoms with Crippen LogP contribution in [0, 0.1) is 0 Å². The number of benzene rings is 3. The lowest BCUT2D eigenvalue weighted by Crippen LogP contribution is -2.23. The van der Waals surface area contributed by atoms with Crippen LogP contribution in [0.2, 0.25) is 0 Å².